The van der Waals surface area contributed by atoms with Gasteiger partial charge in [0.1, 0.15) is 5.52 Å². The first kappa shape index (κ1) is 12.4. The molecule has 1 aromatic carbocycles. The molecule has 0 amide bonds. The van der Waals surface area contributed by atoms with Crippen molar-refractivity contribution >= 4 is 17.1 Å². The number of aromatic nitrogens is 1. The predicted molar refractivity (Wildman–Crippen MR) is 72.4 cm³/mol. The summed E-state index contributed by atoms with van der Waals surface area (Å²) in [4.78, 5) is 6.59. The zero-order chi connectivity index (χ0) is 13.4. The average molecular weight is 262 g/mol. The van der Waals surface area contributed by atoms with E-state index in [1.165, 1.54) is 0 Å². The zero-order valence-corrected chi connectivity index (χ0v) is 11.2. The molecule has 5 heteroatoms. The summed E-state index contributed by atoms with van der Waals surface area (Å²) >= 11 is 0. The second-order valence-corrected chi connectivity index (χ2v) is 5.11. The Bertz CT molecular complexity index is 581. The molecular formula is C14H18N2O3. The van der Waals surface area contributed by atoms with E-state index in [4.69, 9.17) is 9.15 Å². The van der Waals surface area contributed by atoms with Crippen LogP contribution in [0.4, 0.5) is 6.01 Å². The van der Waals surface area contributed by atoms with Crippen molar-refractivity contribution in [3.8, 4) is 0 Å². The molecule has 0 radical (unpaired) electrons. The van der Waals surface area contributed by atoms with Crippen LogP contribution in [0.25, 0.3) is 11.1 Å². The first-order valence-electron chi connectivity index (χ1n) is 6.53. The molecule has 0 bridgehead atoms. The largest absolute Gasteiger partial charge is 0.423 e. The topological polar surface area (TPSA) is 58.7 Å². The summed E-state index contributed by atoms with van der Waals surface area (Å²) in [6.45, 7) is 5.29. The molecule has 1 aromatic heterocycles. The van der Waals surface area contributed by atoms with E-state index in [1.54, 1.807) is 0 Å². The number of benzene rings is 1. The lowest BCUT2D eigenvalue weighted by atomic mass is 10.2. The summed E-state index contributed by atoms with van der Waals surface area (Å²) in [5.41, 5.74) is 2.82. The van der Waals surface area contributed by atoms with Crippen molar-refractivity contribution in [2.24, 2.45) is 0 Å². The highest BCUT2D eigenvalue weighted by Gasteiger charge is 2.28. The van der Waals surface area contributed by atoms with Crippen LogP contribution >= 0.6 is 0 Å². The molecule has 0 saturated carbocycles. The number of aryl methyl sites for hydroxylation is 1. The van der Waals surface area contributed by atoms with Gasteiger partial charge in [-0.15, -0.1) is 0 Å². The van der Waals surface area contributed by atoms with Crippen molar-refractivity contribution in [1.82, 2.24) is 4.98 Å². The van der Waals surface area contributed by atoms with Crippen LogP contribution < -0.4 is 4.90 Å². The third-order valence-electron chi connectivity index (χ3n) is 3.49. The molecule has 2 aromatic rings. The number of aliphatic hydroxyl groups excluding tert-OH is 1. The van der Waals surface area contributed by atoms with E-state index in [2.05, 4.69) is 16.8 Å². The van der Waals surface area contributed by atoms with Crippen molar-refractivity contribution in [3.63, 3.8) is 0 Å². The molecule has 0 spiro atoms. The van der Waals surface area contributed by atoms with Gasteiger partial charge in [-0.3, -0.25) is 0 Å². The van der Waals surface area contributed by atoms with Gasteiger partial charge in [0.05, 0.1) is 31.9 Å². The zero-order valence-electron chi connectivity index (χ0n) is 11.2. The fourth-order valence-corrected chi connectivity index (χ4v) is 2.34. The summed E-state index contributed by atoms with van der Waals surface area (Å²) in [5.74, 6) is 0. The fraction of sp³-hybridized carbons (Fsp3) is 0.500. The number of ether oxygens (including phenoxy) is 1. The van der Waals surface area contributed by atoms with Gasteiger partial charge in [-0.1, -0.05) is 6.07 Å². The summed E-state index contributed by atoms with van der Waals surface area (Å²) < 4.78 is 11.3. The van der Waals surface area contributed by atoms with Crippen LogP contribution in [0, 0.1) is 6.92 Å². The van der Waals surface area contributed by atoms with Crippen molar-refractivity contribution in [2.75, 3.05) is 24.7 Å². The summed E-state index contributed by atoms with van der Waals surface area (Å²) in [7, 11) is 0. The summed E-state index contributed by atoms with van der Waals surface area (Å²) in [6, 6.07) is 6.76. The van der Waals surface area contributed by atoms with Crippen LogP contribution in [0.2, 0.25) is 0 Å². The number of anilines is 1. The van der Waals surface area contributed by atoms with Gasteiger partial charge >= 0.3 is 0 Å². The van der Waals surface area contributed by atoms with Crippen LogP contribution in [0.5, 0.6) is 0 Å². The Labute approximate surface area is 111 Å². The van der Waals surface area contributed by atoms with Gasteiger partial charge in [-0.2, -0.15) is 4.98 Å². The lowest BCUT2D eigenvalue weighted by Crippen LogP contribution is -2.49. The number of aliphatic hydroxyl groups is 1. The van der Waals surface area contributed by atoms with Crippen LogP contribution in [-0.4, -0.2) is 42.0 Å². The van der Waals surface area contributed by atoms with E-state index < -0.39 is 0 Å². The highest BCUT2D eigenvalue weighted by molar-refractivity contribution is 5.75. The normalized spacial score (nSPS) is 24.1. The molecule has 1 saturated heterocycles. The van der Waals surface area contributed by atoms with Crippen LogP contribution in [-0.2, 0) is 4.74 Å². The Balaban J connectivity index is 1.93. The van der Waals surface area contributed by atoms with Gasteiger partial charge in [0.25, 0.3) is 6.01 Å². The number of oxazole rings is 1. The average Bonchev–Trinajstić information content (AvgIpc) is 2.82. The van der Waals surface area contributed by atoms with E-state index in [1.807, 2.05) is 25.1 Å². The quantitative estimate of drug-likeness (QED) is 0.893. The van der Waals surface area contributed by atoms with Crippen LogP contribution in [0.15, 0.2) is 22.6 Å². The molecular weight excluding hydrogens is 244 g/mol. The van der Waals surface area contributed by atoms with Gasteiger partial charge < -0.3 is 19.2 Å². The Kier molecular flexibility index (Phi) is 3.16. The number of hydrogen-bond donors (Lipinski definition) is 1. The number of nitrogens with zero attached hydrogens (tertiary/aromatic N) is 2. The van der Waals surface area contributed by atoms with Crippen molar-refractivity contribution < 1.29 is 14.3 Å². The fourth-order valence-electron chi connectivity index (χ4n) is 2.34. The Morgan fingerprint density at radius 3 is 3.11 bits per heavy atom. The molecule has 1 fully saturated rings. The summed E-state index contributed by atoms with van der Waals surface area (Å²) in [6.07, 6.45) is -0.173. The first-order chi connectivity index (χ1) is 9.17. The van der Waals surface area contributed by atoms with Crippen molar-refractivity contribution in [1.29, 1.82) is 0 Å². The van der Waals surface area contributed by atoms with Gasteiger partial charge in [0.15, 0.2) is 5.58 Å². The predicted octanol–water partition coefficient (Wildman–Crippen LogP) is 1.72. The number of fused-ring (bicyclic) bond motifs is 1. The molecule has 1 aliphatic heterocycles. The Morgan fingerprint density at radius 1 is 1.47 bits per heavy atom. The molecule has 3 rings (SSSR count). The number of rotatable bonds is 2. The second kappa shape index (κ2) is 4.83. The maximum atomic E-state index is 9.22. The number of morpholine rings is 1. The first-order valence-corrected chi connectivity index (χ1v) is 6.53. The molecule has 5 nitrogen and oxygen atoms in total. The monoisotopic (exact) mass is 262 g/mol. The Morgan fingerprint density at radius 2 is 2.32 bits per heavy atom. The lowest BCUT2D eigenvalue weighted by Gasteiger charge is -2.36. The number of hydrogen-bond acceptors (Lipinski definition) is 5. The third kappa shape index (κ3) is 2.31. The highest BCUT2D eigenvalue weighted by atomic mass is 16.5. The molecule has 19 heavy (non-hydrogen) atoms. The lowest BCUT2D eigenvalue weighted by molar-refractivity contribution is -0.0117. The SMILES string of the molecule is Cc1ccc2oc(N3C[C@H](CO)OC[C@@H]3C)nc2c1. The van der Waals surface area contributed by atoms with E-state index in [0.717, 1.165) is 16.7 Å². The molecule has 1 aliphatic rings. The standard InChI is InChI=1S/C14H18N2O3/c1-9-3-4-13-12(5-9)15-14(19-13)16-6-11(7-17)18-8-10(16)2/h3-5,10-11,17H,6-8H2,1-2H3/t10-,11+/m0/s1. The van der Waals surface area contributed by atoms with Crippen LogP contribution in [0.1, 0.15) is 12.5 Å². The molecule has 102 valence electrons. The smallest absolute Gasteiger partial charge is 0.298 e. The van der Waals surface area contributed by atoms with Crippen molar-refractivity contribution in [3.05, 3.63) is 23.8 Å². The Hall–Kier alpha value is -1.59. The third-order valence-corrected chi connectivity index (χ3v) is 3.49. The summed E-state index contributed by atoms with van der Waals surface area (Å²) in [5, 5.41) is 9.22. The molecule has 0 aliphatic carbocycles. The van der Waals surface area contributed by atoms with E-state index in [-0.39, 0.29) is 18.8 Å². The minimum atomic E-state index is -0.173. The minimum Gasteiger partial charge on any atom is -0.423 e. The molecule has 1 N–H and O–H groups in total. The van der Waals surface area contributed by atoms with Gasteiger partial charge in [0.2, 0.25) is 0 Å². The van der Waals surface area contributed by atoms with Gasteiger partial charge in [-0.05, 0) is 31.5 Å². The second-order valence-electron chi connectivity index (χ2n) is 5.11. The maximum absolute atomic E-state index is 9.22. The molecule has 2 heterocycles. The van der Waals surface area contributed by atoms with Crippen LogP contribution in [0.3, 0.4) is 0 Å². The van der Waals surface area contributed by atoms with E-state index in [9.17, 15) is 5.11 Å². The molecule has 2 atom stereocenters. The van der Waals surface area contributed by atoms with Crippen molar-refractivity contribution in [2.45, 2.75) is 26.0 Å². The van der Waals surface area contributed by atoms with E-state index in [0.29, 0.717) is 19.2 Å². The van der Waals surface area contributed by atoms with Gasteiger partial charge in [0, 0.05) is 0 Å². The van der Waals surface area contributed by atoms with E-state index >= 15 is 0 Å². The highest BCUT2D eigenvalue weighted by Crippen LogP contribution is 2.26. The minimum absolute atomic E-state index is 0.0164. The maximum Gasteiger partial charge on any atom is 0.298 e. The molecule has 0 unspecified atom stereocenters. The van der Waals surface area contributed by atoms with Gasteiger partial charge in [-0.25, -0.2) is 0 Å².